The molecule has 1 aliphatic heterocycles. The van der Waals surface area contributed by atoms with Crippen LogP contribution in [0.4, 0.5) is 10.5 Å². The minimum atomic E-state index is -0.0322. The number of amides is 2. The number of hydrogen-bond acceptors (Lipinski definition) is 3. The molecule has 2 heterocycles. The van der Waals surface area contributed by atoms with E-state index in [2.05, 4.69) is 45.5 Å². The van der Waals surface area contributed by atoms with Crippen molar-refractivity contribution in [2.24, 2.45) is 5.92 Å². The molecule has 5 nitrogen and oxygen atoms in total. The van der Waals surface area contributed by atoms with Crippen LogP contribution in [0.1, 0.15) is 18.9 Å². The number of urea groups is 1. The topological polar surface area (TPSA) is 48.5 Å². The molecule has 1 atom stereocenters. The molecule has 132 valence electrons. The molecule has 1 N–H and O–H groups in total. The molecule has 0 bridgehead atoms. The van der Waals surface area contributed by atoms with Gasteiger partial charge in [0, 0.05) is 44.3 Å². The highest BCUT2D eigenvalue weighted by atomic mass is 16.2. The van der Waals surface area contributed by atoms with Crippen molar-refractivity contribution >= 4 is 11.7 Å². The normalized spacial score (nSPS) is 17.4. The SMILES string of the molecule is CCN(CC1CCN(Cc2ccccc2)C1)C(=O)Nc1ccncc1. The van der Waals surface area contributed by atoms with E-state index in [0.29, 0.717) is 12.5 Å². The average molecular weight is 338 g/mol. The molecule has 3 rings (SSSR count). The van der Waals surface area contributed by atoms with Gasteiger partial charge in [0.2, 0.25) is 0 Å². The summed E-state index contributed by atoms with van der Waals surface area (Å²) in [5, 5.41) is 2.95. The predicted octanol–water partition coefficient (Wildman–Crippen LogP) is 3.46. The lowest BCUT2D eigenvalue weighted by Gasteiger charge is -2.25. The van der Waals surface area contributed by atoms with Crippen molar-refractivity contribution in [1.29, 1.82) is 0 Å². The van der Waals surface area contributed by atoms with E-state index in [1.54, 1.807) is 12.4 Å². The highest BCUT2D eigenvalue weighted by Gasteiger charge is 2.25. The highest BCUT2D eigenvalue weighted by Crippen LogP contribution is 2.20. The van der Waals surface area contributed by atoms with E-state index in [4.69, 9.17) is 0 Å². The smallest absolute Gasteiger partial charge is 0.321 e. The number of anilines is 1. The van der Waals surface area contributed by atoms with Gasteiger partial charge in [0.25, 0.3) is 0 Å². The Morgan fingerprint density at radius 3 is 2.72 bits per heavy atom. The summed E-state index contributed by atoms with van der Waals surface area (Å²) in [6.45, 7) is 6.69. The lowest BCUT2D eigenvalue weighted by atomic mass is 10.1. The molecule has 0 saturated carbocycles. The average Bonchev–Trinajstić information content (AvgIpc) is 3.08. The fourth-order valence-corrected chi connectivity index (χ4v) is 3.35. The van der Waals surface area contributed by atoms with Crippen molar-refractivity contribution in [2.75, 3.05) is 31.5 Å². The molecule has 5 heteroatoms. The Labute approximate surface area is 149 Å². The van der Waals surface area contributed by atoms with E-state index in [-0.39, 0.29) is 6.03 Å². The summed E-state index contributed by atoms with van der Waals surface area (Å²) in [4.78, 5) is 20.8. The van der Waals surface area contributed by atoms with E-state index < -0.39 is 0 Å². The number of carbonyl (C=O) groups is 1. The first-order valence-corrected chi connectivity index (χ1v) is 8.97. The summed E-state index contributed by atoms with van der Waals surface area (Å²) in [5.41, 5.74) is 2.14. The van der Waals surface area contributed by atoms with Crippen LogP contribution in [0.25, 0.3) is 0 Å². The maximum absolute atomic E-state index is 12.5. The van der Waals surface area contributed by atoms with Gasteiger partial charge in [-0.25, -0.2) is 4.79 Å². The van der Waals surface area contributed by atoms with E-state index in [0.717, 1.165) is 38.3 Å². The van der Waals surface area contributed by atoms with Crippen molar-refractivity contribution in [3.05, 3.63) is 60.4 Å². The Hall–Kier alpha value is -2.40. The molecule has 1 fully saturated rings. The van der Waals surface area contributed by atoms with Crippen LogP contribution in [0.5, 0.6) is 0 Å². The lowest BCUT2D eigenvalue weighted by Crippen LogP contribution is -2.39. The molecule has 2 aromatic rings. The summed E-state index contributed by atoms with van der Waals surface area (Å²) in [6, 6.07) is 14.2. The summed E-state index contributed by atoms with van der Waals surface area (Å²) >= 11 is 0. The van der Waals surface area contributed by atoms with Gasteiger partial charge in [-0.1, -0.05) is 30.3 Å². The van der Waals surface area contributed by atoms with Gasteiger partial charge < -0.3 is 10.2 Å². The van der Waals surface area contributed by atoms with E-state index >= 15 is 0 Å². The van der Waals surface area contributed by atoms with Crippen molar-refractivity contribution in [3.8, 4) is 0 Å². The predicted molar refractivity (Wildman–Crippen MR) is 100 cm³/mol. The number of nitrogens with zero attached hydrogens (tertiary/aromatic N) is 3. The van der Waals surface area contributed by atoms with Gasteiger partial charge in [-0.2, -0.15) is 0 Å². The molecule has 25 heavy (non-hydrogen) atoms. The maximum atomic E-state index is 12.5. The molecule has 0 aliphatic carbocycles. The minimum absolute atomic E-state index is 0.0322. The number of aromatic nitrogens is 1. The first kappa shape index (κ1) is 17.4. The molecule has 0 spiro atoms. The van der Waals surface area contributed by atoms with Gasteiger partial charge in [0.1, 0.15) is 0 Å². The zero-order valence-electron chi connectivity index (χ0n) is 14.8. The molecule has 0 radical (unpaired) electrons. The number of hydrogen-bond donors (Lipinski definition) is 1. The van der Waals surface area contributed by atoms with Crippen LogP contribution in [0.2, 0.25) is 0 Å². The second-order valence-corrected chi connectivity index (χ2v) is 6.58. The lowest BCUT2D eigenvalue weighted by molar-refractivity contribution is 0.203. The molecule has 1 aliphatic rings. The third kappa shape index (κ3) is 5.03. The van der Waals surface area contributed by atoms with Crippen LogP contribution in [0.3, 0.4) is 0 Å². The second kappa shape index (κ2) is 8.62. The Bertz CT molecular complexity index is 662. The monoisotopic (exact) mass is 338 g/mol. The summed E-state index contributed by atoms with van der Waals surface area (Å²) in [6.07, 6.45) is 4.51. The Morgan fingerprint density at radius 1 is 1.24 bits per heavy atom. The van der Waals surface area contributed by atoms with Crippen LogP contribution in [-0.2, 0) is 6.54 Å². The maximum Gasteiger partial charge on any atom is 0.321 e. The fourth-order valence-electron chi connectivity index (χ4n) is 3.35. The Morgan fingerprint density at radius 2 is 2.00 bits per heavy atom. The molecule has 1 aromatic heterocycles. The quantitative estimate of drug-likeness (QED) is 0.877. The molecule has 1 unspecified atom stereocenters. The van der Waals surface area contributed by atoms with Crippen molar-refractivity contribution in [1.82, 2.24) is 14.8 Å². The number of pyridine rings is 1. The molecule has 2 amide bonds. The number of benzene rings is 1. The Kier molecular flexibility index (Phi) is 6.01. The van der Waals surface area contributed by atoms with Gasteiger partial charge in [0.05, 0.1) is 0 Å². The highest BCUT2D eigenvalue weighted by molar-refractivity contribution is 5.89. The van der Waals surface area contributed by atoms with Gasteiger partial charge in [-0.05, 0) is 43.5 Å². The molecular weight excluding hydrogens is 312 g/mol. The first-order valence-electron chi connectivity index (χ1n) is 8.97. The van der Waals surface area contributed by atoms with Gasteiger partial charge in [-0.3, -0.25) is 9.88 Å². The largest absolute Gasteiger partial charge is 0.324 e. The minimum Gasteiger partial charge on any atom is -0.324 e. The molecule has 1 saturated heterocycles. The first-order chi connectivity index (χ1) is 12.2. The summed E-state index contributed by atoms with van der Waals surface area (Å²) in [7, 11) is 0. The number of rotatable bonds is 6. The molecular formula is C20H26N4O. The van der Waals surface area contributed by atoms with Crippen LogP contribution < -0.4 is 5.32 Å². The third-order valence-corrected chi connectivity index (χ3v) is 4.70. The zero-order valence-corrected chi connectivity index (χ0v) is 14.8. The van der Waals surface area contributed by atoms with E-state index in [1.807, 2.05) is 24.0 Å². The van der Waals surface area contributed by atoms with E-state index in [1.165, 1.54) is 5.56 Å². The van der Waals surface area contributed by atoms with E-state index in [9.17, 15) is 4.79 Å². The van der Waals surface area contributed by atoms with Crippen molar-refractivity contribution in [3.63, 3.8) is 0 Å². The number of carbonyl (C=O) groups excluding carboxylic acids is 1. The van der Waals surface area contributed by atoms with Gasteiger partial charge in [-0.15, -0.1) is 0 Å². The Balaban J connectivity index is 1.49. The molecule has 1 aromatic carbocycles. The third-order valence-electron chi connectivity index (χ3n) is 4.70. The van der Waals surface area contributed by atoms with Crippen LogP contribution >= 0.6 is 0 Å². The zero-order chi connectivity index (χ0) is 17.5. The van der Waals surface area contributed by atoms with Crippen LogP contribution in [-0.4, -0.2) is 47.0 Å². The number of nitrogens with one attached hydrogen (secondary N) is 1. The second-order valence-electron chi connectivity index (χ2n) is 6.58. The van der Waals surface area contributed by atoms with Gasteiger partial charge in [0.15, 0.2) is 0 Å². The summed E-state index contributed by atoms with van der Waals surface area (Å²) in [5.74, 6) is 0.534. The van der Waals surface area contributed by atoms with Crippen LogP contribution in [0, 0.1) is 5.92 Å². The van der Waals surface area contributed by atoms with Crippen molar-refractivity contribution in [2.45, 2.75) is 19.9 Å². The number of likely N-dealkylation sites (tertiary alicyclic amines) is 1. The van der Waals surface area contributed by atoms with Crippen molar-refractivity contribution < 1.29 is 4.79 Å². The van der Waals surface area contributed by atoms with Crippen LogP contribution in [0.15, 0.2) is 54.9 Å². The standard InChI is InChI=1S/C20H26N4O/c1-2-24(20(25)22-19-8-11-21-12-9-19)16-18-10-13-23(15-18)14-17-6-4-3-5-7-17/h3-9,11-12,18H,2,10,13-16H2,1H3,(H,21,22,25). The fraction of sp³-hybridized carbons (Fsp3) is 0.400. The summed E-state index contributed by atoms with van der Waals surface area (Å²) < 4.78 is 0. The van der Waals surface area contributed by atoms with Gasteiger partial charge >= 0.3 is 6.03 Å².